The zero-order valence-corrected chi connectivity index (χ0v) is 8.56. The first-order chi connectivity index (χ1) is 7.18. The Labute approximate surface area is 88.6 Å². The number of carbonyl (C=O) groups excluding carboxylic acids is 1. The van der Waals surface area contributed by atoms with Crippen LogP contribution in [0, 0.1) is 5.92 Å². The van der Waals surface area contributed by atoms with Crippen LogP contribution in [0.5, 0.6) is 0 Å². The number of carboxylic acid groups (broad SMARTS) is 1. The van der Waals surface area contributed by atoms with Crippen molar-refractivity contribution in [1.29, 1.82) is 0 Å². The highest BCUT2D eigenvalue weighted by molar-refractivity contribution is 5.84. The minimum absolute atomic E-state index is 0.00931. The Hall–Kier alpha value is -1.32. The van der Waals surface area contributed by atoms with Crippen molar-refractivity contribution < 1.29 is 14.7 Å². The smallest absolute Gasteiger partial charge is 0.323 e. The van der Waals surface area contributed by atoms with Crippen LogP contribution in [0.2, 0.25) is 0 Å². The van der Waals surface area contributed by atoms with E-state index in [9.17, 15) is 9.59 Å². The maximum atomic E-state index is 12.0. The third-order valence-electron chi connectivity index (χ3n) is 2.93. The Kier molecular flexibility index (Phi) is 2.75. The molecule has 0 aromatic carbocycles. The molecule has 4 nitrogen and oxygen atoms in total. The van der Waals surface area contributed by atoms with Gasteiger partial charge in [0.25, 0.3) is 0 Å². The zero-order chi connectivity index (χ0) is 10.8. The summed E-state index contributed by atoms with van der Waals surface area (Å²) in [6.07, 6.45) is 7.44. The molecule has 82 valence electrons. The predicted molar refractivity (Wildman–Crippen MR) is 54.2 cm³/mol. The molecule has 0 saturated heterocycles. The van der Waals surface area contributed by atoms with Gasteiger partial charge in [0.15, 0.2) is 0 Å². The molecule has 2 aliphatic carbocycles. The van der Waals surface area contributed by atoms with Crippen molar-refractivity contribution in [3.63, 3.8) is 0 Å². The van der Waals surface area contributed by atoms with Crippen LogP contribution in [0.3, 0.4) is 0 Å². The van der Waals surface area contributed by atoms with Gasteiger partial charge in [-0.2, -0.15) is 0 Å². The second-order valence-electron chi connectivity index (χ2n) is 4.23. The van der Waals surface area contributed by atoms with Gasteiger partial charge in [-0.05, 0) is 25.7 Å². The van der Waals surface area contributed by atoms with E-state index in [1.54, 1.807) is 4.90 Å². The minimum Gasteiger partial charge on any atom is -0.480 e. The standard InChI is InChI=1S/C11H15NO3/c13-10(14)7-12(9-5-6-9)11(15)8-3-1-2-4-8/h1-2,8-9H,3-7H2,(H,13,14). The van der Waals surface area contributed by atoms with Crippen LogP contribution >= 0.6 is 0 Å². The van der Waals surface area contributed by atoms with Crippen molar-refractivity contribution >= 4 is 11.9 Å². The largest absolute Gasteiger partial charge is 0.480 e. The van der Waals surface area contributed by atoms with Gasteiger partial charge in [-0.1, -0.05) is 12.2 Å². The molecule has 15 heavy (non-hydrogen) atoms. The third kappa shape index (κ3) is 2.37. The maximum Gasteiger partial charge on any atom is 0.323 e. The molecule has 4 heteroatoms. The number of hydrogen-bond acceptors (Lipinski definition) is 2. The molecule has 0 aliphatic heterocycles. The highest BCUT2D eigenvalue weighted by Crippen LogP contribution is 2.30. The normalized spacial score (nSPS) is 20.5. The van der Waals surface area contributed by atoms with Gasteiger partial charge in [0.2, 0.25) is 5.91 Å². The van der Waals surface area contributed by atoms with Crippen LogP contribution in [0.1, 0.15) is 25.7 Å². The van der Waals surface area contributed by atoms with Crippen LogP contribution in [0.15, 0.2) is 12.2 Å². The predicted octanol–water partition coefficient (Wildman–Crippen LogP) is 1.03. The molecule has 0 bridgehead atoms. The van der Waals surface area contributed by atoms with Crippen LogP contribution in [-0.2, 0) is 9.59 Å². The molecule has 2 aliphatic rings. The van der Waals surface area contributed by atoms with Crippen LogP contribution in [0.4, 0.5) is 0 Å². The monoisotopic (exact) mass is 209 g/mol. The average molecular weight is 209 g/mol. The van der Waals surface area contributed by atoms with E-state index in [2.05, 4.69) is 0 Å². The molecule has 1 amide bonds. The summed E-state index contributed by atoms with van der Waals surface area (Å²) in [5.41, 5.74) is 0. The SMILES string of the molecule is O=C(O)CN(C(=O)C1CC=CC1)C1CC1. The molecule has 0 atom stereocenters. The van der Waals surface area contributed by atoms with Gasteiger partial charge in [-0.3, -0.25) is 9.59 Å². The first kappa shape index (κ1) is 10.2. The van der Waals surface area contributed by atoms with Gasteiger partial charge >= 0.3 is 5.97 Å². The van der Waals surface area contributed by atoms with Gasteiger partial charge in [0.05, 0.1) is 0 Å². The summed E-state index contributed by atoms with van der Waals surface area (Å²) in [7, 11) is 0. The number of rotatable bonds is 4. The molecule has 2 rings (SSSR count). The summed E-state index contributed by atoms with van der Waals surface area (Å²) in [5.74, 6) is -0.906. The molecule has 1 N–H and O–H groups in total. The highest BCUT2D eigenvalue weighted by Gasteiger charge is 2.36. The average Bonchev–Trinajstić information content (AvgIpc) is 2.88. The van der Waals surface area contributed by atoms with Gasteiger partial charge in [-0.15, -0.1) is 0 Å². The minimum atomic E-state index is -0.916. The van der Waals surface area contributed by atoms with E-state index in [-0.39, 0.29) is 24.4 Å². The lowest BCUT2D eigenvalue weighted by Crippen LogP contribution is -2.40. The van der Waals surface area contributed by atoms with E-state index >= 15 is 0 Å². The molecule has 0 aromatic heterocycles. The van der Waals surface area contributed by atoms with E-state index in [1.165, 1.54) is 0 Å². The molecular formula is C11H15NO3. The molecule has 0 unspecified atom stereocenters. The maximum absolute atomic E-state index is 12.0. The quantitative estimate of drug-likeness (QED) is 0.703. The summed E-state index contributed by atoms with van der Waals surface area (Å²) in [4.78, 5) is 24.2. The first-order valence-corrected chi connectivity index (χ1v) is 5.35. The number of allylic oxidation sites excluding steroid dienone is 2. The Morgan fingerprint density at radius 2 is 1.87 bits per heavy atom. The van der Waals surface area contributed by atoms with Crippen LogP contribution in [0.25, 0.3) is 0 Å². The summed E-state index contributed by atoms with van der Waals surface area (Å²) < 4.78 is 0. The van der Waals surface area contributed by atoms with Crippen molar-refractivity contribution in [3.8, 4) is 0 Å². The van der Waals surface area contributed by atoms with Crippen molar-refractivity contribution in [3.05, 3.63) is 12.2 Å². The van der Waals surface area contributed by atoms with Crippen molar-refractivity contribution in [2.45, 2.75) is 31.7 Å². The lowest BCUT2D eigenvalue weighted by atomic mass is 10.1. The van der Waals surface area contributed by atoms with E-state index in [1.807, 2.05) is 12.2 Å². The fourth-order valence-electron chi connectivity index (χ4n) is 1.97. The van der Waals surface area contributed by atoms with Crippen LogP contribution < -0.4 is 0 Å². The van der Waals surface area contributed by atoms with Gasteiger partial charge in [-0.25, -0.2) is 0 Å². The molecule has 1 saturated carbocycles. The fraction of sp³-hybridized carbons (Fsp3) is 0.636. The third-order valence-corrected chi connectivity index (χ3v) is 2.93. The fourth-order valence-corrected chi connectivity index (χ4v) is 1.97. The Morgan fingerprint density at radius 3 is 2.33 bits per heavy atom. The van der Waals surface area contributed by atoms with E-state index in [0.717, 1.165) is 25.7 Å². The summed E-state index contributed by atoms with van der Waals surface area (Å²) in [6, 6.07) is 0.189. The molecule has 1 fully saturated rings. The van der Waals surface area contributed by atoms with Crippen LogP contribution in [-0.4, -0.2) is 34.5 Å². The lowest BCUT2D eigenvalue weighted by molar-refractivity contribution is -0.146. The Bertz CT molecular complexity index is 299. The molecular weight excluding hydrogens is 194 g/mol. The van der Waals surface area contributed by atoms with Crippen molar-refractivity contribution in [2.24, 2.45) is 5.92 Å². The van der Waals surface area contributed by atoms with E-state index in [0.29, 0.717) is 0 Å². The summed E-state index contributed by atoms with van der Waals surface area (Å²) in [5, 5.41) is 8.74. The zero-order valence-electron chi connectivity index (χ0n) is 8.56. The number of amides is 1. The van der Waals surface area contributed by atoms with Crippen molar-refractivity contribution in [1.82, 2.24) is 4.90 Å². The number of hydrogen-bond donors (Lipinski definition) is 1. The second-order valence-corrected chi connectivity index (χ2v) is 4.23. The number of nitrogens with zero attached hydrogens (tertiary/aromatic N) is 1. The van der Waals surface area contributed by atoms with E-state index < -0.39 is 5.97 Å². The van der Waals surface area contributed by atoms with Crippen molar-refractivity contribution in [2.75, 3.05) is 6.54 Å². The topological polar surface area (TPSA) is 57.6 Å². The van der Waals surface area contributed by atoms with Gasteiger partial charge in [0, 0.05) is 12.0 Å². The Balaban J connectivity index is 1.97. The number of carboxylic acids is 1. The summed E-state index contributed by atoms with van der Waals surface area (Å²) in [6.45, 7) is -0.139. The van der Waals surface area contributed by atoms with E-state index in [4.69, 9.17) is 5.11 Å². The highest BCUT2D eigenvalue weighted by atomic mass is 16.4. The van der Waals surface area contributed by atoms with Gasteiger partial charge < -0.3 is 10.0 Å². The van der Waals surface area contributed by atoms with Gasteiger partial charge in [0.1, 0.15) is 6.54 Å². The second kappa shape index (κ2) is 4.04. The lowest BCUT2D eigenvalue weighted by Gasteiger charge is -2.23. The number of aliphatic carboxylic acids is 1. The molecule has 0 spiro atoms. The first-order valence-electron chi connectivity index (χ1n) is 5.35. The molecule has 0 radical (unpaired) electrons. The molecule has 0 aromatic rings. The number of carbonyl (C=O) groups is 2. The Morgan fingerprint density at radius 1 is 1.27 bits per heavy atom. The summed E-state index contributed by atoms with van der Waals surface area (Å²) >= 11 is 0. The molecule has 0 heterocycles.